The SMILES string of the molecule is N#Cc1c(O)ccc(Cl)c1F. The van der Waals surface area contributed by atoms with Crippen LogP contribution >= 0.6 is 11.6 Å². The van der Waals surface area contributed by atoms with Crippen molar-refractivity contribution in [3.05, 3.63) is 28.5 Å². The zero-order chi connectivity index (χ0) is 8.43. The summed E-state index contributed by atoms with van der Waals surface area (Å²) < 4.78 is 12.7. The Bertz CT molecular complexity index is 332. The summed E-state index contributed by atoms with van der Waals surface area (Å²) >= 11 is 5.33. The quantitative estimate of drug-likeness (QED) is 0.649. The molecule has 0 fully saturated rings. The van der Waals surface area contributed by atoms with E-state index in [2.05, 4.69) is 0 Å². The highest BCUT2D eigenvalue weighted by molar-refractivity contribution is 6.30. The maximum atomic E-state index is 12.7. The summed E-state index contributed by atoms with van der Waals surface area (Å²) in [6.07, 6.45) is 0. The third kappa shape index (κ3) is 1.26. The predicted octanol–water partition coefficient (Wildman–Crippen LogP) is 2.06. The fourth-order valence-electron chi connectivity index (χ4n) is 0.647. The maximum Gasteiger partial charge on any atom is 0.163 e. The standard InChI is InChI=1S/C7H3ClFNO/c8-5-1-2-6(11)4(3-10)7(5)9/h1-2,11H. The molecule has 0 aliphatic rings. The molecule has 0 aromatic heterocycles. The number of nitriles is 1. The van der Waals surface area contributed by atoms with E-state index >= 15 is 0 Å². The van der Waals surface area contributed by atoms with E-state index < -0.39 is 17.1 Å². The van der Waals surface area contributed by atoms with E-state index in [-0.39, 0.29) is 5.02 Å². The first-order valence-electron chi connectivity index (χ1n) is 2.74. The van der Waals surface area contributed by atoms with Crippen LogP contribution in [0.2, 0.25) is 5.02 Å². The van der Waals surface area contributed by atoms with Crippen molar-refractivity contribution in [2.45, 2.75) is 0 Å². The van der Waals surface area contributed by atoms with Gasteiger partial charge in [-0.15, -0.1) is 0 Å². The minimum Gasteiger partial charge on any atom is -0.506 e. The fourth-order valence-corrected chi connectivity index (χ4v) is 0.804. The van der Waals surface area contributed by atoms with Crippen LogP contribution in [-0.4, -0.2) is 5.11 Å². The van der Waals surface area contributed by atoms with Crippen molar-refractivity contribution in [3.8, 4) is 11.8 Å². The maximum absolute atomic E-state index is 12.7. The Kier molecular flexibility index (Phi) is 1.97. The zero-order valence-electron chi connectivity index (χ0n) is 5.31. The Balaban J connectivity index is 3.44. The van der Waals surface area contributed by atoms with Gasteiger partial charge in [0.05, 0.1) is 5.02 Å². The van der Waals surface area contributed by atoms with Gasteiger partial charge in [-0.2, -0.15) is 5.26 Å². The molecule has 56 valence electrons. The van der Waals surface area contributed by atoms with Crippen molar-refractivity contribution in [1.29, 1.82) is 5.26 Å². The Hall–Kier alpha value is -1.27. The molecule has 0 heterocycles. The molecular formula is C7H3ClFNO. The molecule has 0 saturated heterocycles. The van der Waals surface area contributed by atoms with Gasteiger partial charge in [-0.05, 0) is 12.1 Å². The van der Waals surface area contributed by atoms with E-state index in [1.54, 1.807) is 0 Å². The molecule has 1 aromatic carbocycles. The molecule has 0 aliphatic carbocycles. The largest absolute Gasteiger partial charge is 0.506 e. The van der Waals surface area contributed by atoms with Crippen LogP contribution in [0.25, 0.3) is 0 Å². The zero-order valence-corrected chi connectivity index (χ0v) is 6.06. The van der Waals surface area contributed by atoms with Crippen LogP contribution in [-0.2, 0) is 0 Å². The van der Waals surface area contributed by atoms with E-state index in [4.69, 9.17) is 22.0 Å². The van der Waals surface area contributed by atoms with Gasteiger partial charge in [-0.1, -0.05) is 11.6 Å². The third-order valence-electron chi connectivity index (χ3n) is 1.18. The lowest BCUT2D eigenvalue weighted by Gasteiger charge is -1.97. The van der Waals surface area contributed by atoms with Crippen LogP contribution in [0.5, 0.6) is 5.75 Å². The summed E-state index contributed by atoms with van der Waals surface area (Å²) in [6.45, 7) is 0. The number of halogens is 2. The number of hydrogen-bond acceptors (Lipinski definition) is 2. The van der Waals surface area contributed by atoms with Crippen LogP contribution in [0.1, 0.15) is 5.56 Å². The Morgan fingerprint density at radius 2 is 2.18 bits per heavy atom. The average molecular weight is 172 g/mol. The summed E-state index contributed by atoms with van der Waals surface area (Å²) in [4.78, 5) is 0. The normalized spacial score (nSPS) is 9.18. The summed E-state index contributed by atoms with van der Waals surface area (Å²) in [7, 11) is 0. The van der Waals surface area contributed by atoms with E-state index in [0.29, 0.717) is 0 Å². The molecule has 0 atom stereocenters. The Morgan fingerprint density at radius 3 is 2.64 bits per heavy atom. The van der Waals surface area contributed by atoms with E-state index in [1.165, 1.54) is 18.2 Å². The van der Waals surface area contributed by atoms with Gasteiger partial charge in [-0.25, -0.2) is 4.39 Å². The second kappa shape index (κ2) is 2.77. The molecule has 2 nitrogen and oxygen atoms in total. The molecule has 0 radical (unpaired) electrons. The molecule has 0 spiro atoms. The highest BCUT2D eigenvalue weighted by Gasteiger charge is 2.10. The number of benzene rings is 1. The van der Waals surface area contributed by atoms with Crippen LogP contribution in [0.15, 0.2) is 12.1 Å². The molecule has 0 aliphatic heterocycles. The van der Waals surface area contributed by atoms with Crippen molar-refractivity contribution >= 4 is 11.6 Å². The number of nitrogens with zero attached hydrogens (tertiary/aromatic N) is 1. The van der Waals surface area contributed by atoms with Crippen molar-refractivity contribution in [2.24, 2.45) is 0 Å². The molecule has 0 bridgehead atoms. The van der Waals surface area contributed by atoms with E-state index in [0.717, 1.165) is 0 Å². The second-order valence-corrected chi connectivity index (χ2v) is 2.27. The van der Waals surface area contributed by atoms with Gasteiger partial charge in [0, 0.05) is 0 Å². The molecule has 4 heteroatoms. The van der Waals surface area contributed by atoms with Crippen molar-refractivity contribution in [2.75, 3.05) is 0 Å². The van der Waals surface area contributed by atoms with Gasteiger partial charge in [0.25, 0.3) is 0 Å². The average Bonchev–Trinajstić information content (AvgIpc) is 1.99. The van der Waals surface area contributed by atoms with Crippen molar-refractivity contribution < 1.29 is 9.50 Å². The Morgan fingerprint density at radius 1 is 1.55 bits per heavy atom. The number of rotatable bonds is 0. The highest BCUT2D eigenvalue weighted by Crippen LogP contribution is 2.24. The van der Waals surface area contributed by atoms with Gasteiger partial charge in [0.2, 0.25) is 0 Å². The first kappa shape index (κ1) is 7.83. The molecule has 0 unspecified atom stereocenters. The van der Waals surface area contributed by atoms with Crippen LogP contribution in [0.4, 0.5) is 4.39 Å². The summed E-state index contributed by atoms with van der Waals surface area (Å²) in [5, 5.41) is 17.0. The Labute approximate surface area is 67.5 Å². The van der Waals surface area contributed by atoms with Gasteiger partial charge in [0.1, 0.15) is 17.4 Å². The summed E-state index contributed by atoms with van der Waals surface area (Å²) in [5.41, 5.74) is -0.419. The number of phenols is 1. The van der Waals surface area contributed by atoms with Crippen LogP contribution in [0, 0.1) is 17.1 Å². The first-order valence-corrected chi connectivity index (χ1v) is 3.11. The topological polar surface area (TPSA) is 44.0 Å². The summed E-state index contributed by atoms with van der Waals surface area (Å²) in [6, 6.07) is 3.85. The van der Waals surface area contributed by atoms with Gasteiger partial charge in [-0.3, -0.25) is 0 Å². The molecule has 1 N–H and O–H groups in total. The molecule has 0 amide bonds. The second-order valence-electron chi connectivity index (χ2n) is 1.87. The van der Waals surface area contributed by atoms with E-state index in [1.807, 2.05) is 0 Å². The van der Waals surface area contributed by atoms with Gasteiger partial charge >= 0.3 is 0 Å². The van der Waals surface area contributed by atoms with Gasteiger partial charge in [0.15, 0.2) is 5.82 Å². The molecular weight excluding hydrogens is 169 g/mol. The third-order valence-corrected chi connectivity index (χ3v) is 1.48. The molecule has 11 heavy (non-hydrogen) atoms. The molecule has 1 aromatic rings. The molecule has 1 rings (SSSR count). The lowest BCUT2D eigenvalue weighted by molar-refractivity contribution is 0.466. The smallest absolute Gasteiger partial charge is 0.163 e. The first-order chi connectivity index (χ1) is 5.16. The number of aromatic hydroxyl groups is 1. The van der Waals surface area contributed by atoms with Crippen molar-refractivity contribution in [1.82, 2.24) is 0 Å². The fraction of sp³-hybridized carbons (Fsp3) is 0. The predicted molar refractivity (Wildman–Crippen MR) is 37.8 cm³/mol. The van der Waals surface area contributed by atoms with Crippen LogP contribution < -0.4 is 0 Å². The lowest BCUT2D eigenvalue weighted by atomic mass is 10.2. The monoisotopic (exact) mass is 171 g/mol. The summed E-state index contributed by atoms with van der Waals surface area (Å²) in [5.74, 6) is -1.27. The van der Waals surface area contributed by atoms with Crippen molar-refractivity contribution in [3.63, 3.8) is 0 Å². The van der Waals surface area contributed by atoms with Crippen LogP contribution in [0.3, 0.4) is 0 Å². The number of hydrogen-bond donors (Lipinski definition) is 1. The minimum absolute atomic E-state index is 0.167. The lowest BCUT2D eigenvalue weighted by Crippen LogP contribution is -1.84. The van der Waals surface area contributed by atoms with Gasteiger partial charge < -0.3 is 5.11 Å². The highest BCUT2D eigenvalue weighted by atomic mass is 35.5. The number of phenolic OH excluding ortho intramolecular Hbond substituents is 1. The molecule has 0 saturated carbocycles. The minimum atomic E-state index is -0.880. The van der Waals surface area contributed by atoms with E-state index in [9.17, 15) is 4.39 Å².